The summed E-state index contributed by atoms with van der Waals surface area (Å²) in [4.78, 5) is 24.0. The molecule has 1 unspecified atom stereocenters. The molecule has 156 valence electrons. The standard InChI is InChI=1S/C22H28ClN3O3/c1-14(2)12-24-22(28)17(5)29-21(27)11-10-19-15(3)25-26(16(19)4)13-18-8-6-7-9-20(18)23/h6-11,14,17H,12-13H2,1-5H3,(H,24,28)/b11-10+. The molecule has 0 fully saturated rings. The van der Waals surface area contributed by atoms with Crippen LogP contribution in [0.2, 0.25) is 5.02 Å². The molecule has 0 saturated carbocycles. The molecule has 1 amide bonds. The summed E-state index contributed by atoms with van der Waals surface area (Å²) in [5.41, 5.74) is 3.51. The van der Waals surface area contributed by atoms with Crippen molar-refractivity contribution >= 4 is 29.6 Å². The van der Waals surface area contributed by atoms with Crippen molar-refractivity contribution in [3.8, 4) is 0 Å². The Kier molecular flexibility index (Phi) is 8.02. The van der Waals surface area contributed by atoms with Gasteiger partial charge in [0, 0.05) is 28.9 Å². The lowest BCUT2D eigenvalue weighted by Crippen LogP contribution is -2.37. The van der Waals surface area contributed by atoms with Crippen molar-refractivity contribution in [2.24, 2.45) is 5.92 Å². The number of aryl methyl sites for hydroxylation is 1. The van der Waals surface area contributed by atoms with Gasteiger partial charge in [-0.2, -0.15) is 5.10 Å². The van der Waals surface area contributed by atoms with Gasteiger partial charge in [0.05, 0.1) is 12.2 Å². The van der Waals surface area contributed by atoms with Crippen LogP contribution in [0.25, 0.3) is 6.08 Å². The van der Waals surface area contributed by atoms with Gasteiger partial charge in [-0.05, 0) is 44.4 Å². The molecule has 7 heteroatoms. The molecule has 0 spiro atoms. The first kappa shape index (κ1) is 22.7. The number of esters is 1. The average Bonchev–Trinajstić information content (AvgIpc) is 2.92. The number of nitrogens with one attached hydrogen (secondary N) is 1. The number of ether oxygens (including phenoxy) is 1. The summed E-state index contributed by atoms with van der Waals surface area (Å²) in [5.74, 6) is -0.551. The number of carbonyl (C=O) groups excluding carboxylic acids is 2. The van der Waals surface area contributed by atoms with Crippen LogP contribution in [0.15, 0.2) is 30.3 Å². The molecular formula is C22H28ClN3O3. The van der Waals surface area contributed by atoms with Crippen LogP contribution < -0.4 is 5.32 Å². The highest BCUT2D eigenvalue weighted by atomic mass is 35.5. The van der Waals surface area contributed by atoms with Crippen LogP contribution in [0.4, 0.5) is 0 Å². The fourth-order valence-corrected chi connectivity index (χ4v) is 2.96. The topological polar surface area (TPSA) is 73.2 Å². The summed E-state index contributed by atoms with van der Waals surface area (Å²) >= 11 is 6.24. The highest BCUT2D eigenvalue weighted by molar-refractivity contribution is 6.31. The fourth-order valence-electron chi connectivity index (χ4n) is 2.76. The molecule has 0 aliphatic rings. The predicted octanol–water partition coefficient (Wildman–Crippen LogP) is 3.92. The van der Waals surface area contributed by atoms with E-state index < -0.39 is 12.1 Å². The van der Waals surface area contributed by atoms with Crippen molar-refractivity contribution in [1.82, 2.24) is 15.1 Å². The van der Waals surface area contributed by atoms with Gasteiger partial charge in [-0.25, -0.2) is 4.79 Å². The Hall–Kier alpha value is -2.60. The Bertz CT molecular complexity index is 903. The number of rotatable bonds is 8. The normalized spacial score (nSPS) is 12.4. The first-order valence-corrected chi connectivity index (χ1v) is 10.0. The number of hydrogen-bond donors (Lipinski definition) is 1. The van der Waals surface area contributed by atoms with Gasteiger partial charge < -0.3 is 10.1 Å². The fraction of sp³-hybridized carbons (Fsp3) is 0.409. The number of halogens is 1. The molecule has 1 aromatic heterocycles. The Labute approximate surface area is 176 Å². The van der Waals surface area contributed by atoms with E-state index in [1.807, 2.05) is 56.6 Å². The SMILES string of the molecule is Cc1nn(Cc2ccccc2Cl)c(C)c1/C=C/C(=O)OC(C)C(=O)NCC(C)C. The molecule has 2 aromatic rings. The molecule has 1 aromatic carbocycles. The van der Waals surface area contributed by atoms with E-state index in [1.165, 1.54) is 6.08 Å². The van der Waals surface area contributed by atoms with Crippen LogP contribution in [-0.4, -0.2) is 34.3 Å². The molecule has 0 radical (unpaired) electrons. The minimum absolute atomic E-state index is 0.305. The van der Waals surface area contributed by atoms with Crippen LogP contribution in [-0.2, 0) is 20.9 Å². The minimum Gasteiger partial charge on any atom is -0.449 e. The third kappa shape index (κ3) is 6.46. The summed E-state index contributed by atoms with van der Waals surface area (Å²) in [6, 6.07) is 7.62. The van der Waals surface area contributed by atoms with E-state index in [2.05, 4.69) is 10.4 Å². The Morgan fingerprint density at radius 1 is 1.24 bits per heavy atom. The average molecular weight is 418 g/mol. The molecule has 0 aliphatic heterocycles. The van der Waals surface area contributed by atoms with Crippen LogP contribution >= 0.6 is 11.6 Å². The van der Waals surface area contributed by atoms with E-state index >= 15 is 0 Å². The summed E-state index contributed by atoms with van der Waals surface area (Å²) < 4.78 is 7.03. The van der Waals surface area contributed by atoms with E-state index in [-0.39, 0.29) is 5.91 Å². The lowest BCUT2D eigenvalue weighted by Gasteiger charge is -2.13. The van der Waals surface area contributed by atoms with Crippen molar-refractivity contribution in [1.29, 1.82) is 0 Å². The smallest absolute Gasteiger partial charge is 0.331 e. The van der Waals surface area contributed by atoms with Crippen LogP contribution in [0.1, 0.15) is 43.3 Å². The highest BCUT2D eigenvalue weighted by Gasteiger charge is 2.17. The van der Waals surface area contributed by atoms with Crippen molar-refractivity contribution in [2.45, 2.75) is 47.3 Å². The zero-order valence-electron chi connectivity index (χ0n) is 17.5. The monoisotopic (exact) mass is 417 g/mol. The summed E-state index contributed by atoms with van der Waals surface area (Å²) in [6.45, 7) is 10.4. The van der Waals surface area contributed by atoms with Gasteiger partial charge in [-0.3, -0.25) is 9.48 Å². The number of aromatic nitrogens is 2. The van der Waals surface area contributed by atoms with Gasteiger partial charge in [-0.15, -0.1) is 0 Å². The third-order valence-corrected chi connectivity index (χ3v) is 4.82. The zero-order valence-corrected chi connectivity index (χ0v) is 18.3. The maximum absolute atomic E-state index is 12.1. The number of hydrogen-bond acceptors (Lipinski definition) is 4. The quantitative estimate of drug-likeness (QED) is 0.522. The van der Waals surface area contributed by atoms with Crippen LogP contribution in [0.3, 0.4) is 0 Å². The highest BCUT2D eigenvalue weighted by Crippen LogP contribution is 2.20. The molecular weight excluding hydrogens is 390 g/mol. The van der Waals surface area contributed by atoms with Crippen molar-refractivity contribution in [3.63, 3.8) is 0 Å². The van der Waals surface area contributed by atoms with Gasteiger partial charge in [0.25, 0.3) is 5.91 Å². The number of carbonyl (C=O) groups is 2. The van der Waals surface area contributed by atoms with E-state index in [4.69, 9.17) is 16.3 Å². The Morgan fingerprint density at radius 3 is 2.59 bits per heavy atom. The van der Waals surface area contributed by atoms with Gasteiger partial charge in [0.2, 0.25) is 0 Å². The predicted molar refractivity (Wildman–Crippen MR) is 115 cm³/mol. The molecule has 6 nitrogen and oxygen atoms in total. The number of amides is 1. The van der Waals surface area contributed by atoms with E-state index in [0.717, 1.165) is 22.5 Å². The molecule has 2 rings (SSSR count). The summed E-state index contributed by atoms with van der Waals surface area (Å²) in [6.07, 6.45) is 2.14. The largest absolute Gasteiger partial charge is 0.449 e. The van der Waals surface area contributed by atoms with Crippen LogP contribution in [0, 0.1) is 19.8 Å². The minimum atomic E-state index is -0.851. The number of benzene rings is 1. The lowest BCUT2D eigenvalue weighted by atomic mass is 10.1. The van der Waals surface area contributed by atoms with Gasteiger partial charge in [0.15, 0.2) is 6.10 Å². The second-order valence-corrected chi connectivity index (χ2v) is 7.79. The van der Waals surface area contributed by atoms with Crippen LogP contribution in [0.5, 0.6) is 0 Å². The van der Waals surface area contributed by atoms with Gasteiger partial charge in [-0.1, -0.05) is 43.6 Å². The first-order chi connectivity index (χ1) is 13.7. The van der Waals surface area contributed by atoms with E-state index in [9.17, 15) is 9.59 Å². The van der Waals surface area contributed by atoms with Crippen molar-refractivity contribution < 1.29 is 14.3 Å². The third-order valence-electron chi connectivity index (χ3n) is 4.45. The van der Waals surface area contributed by atoms with E-state index in [0.29, 0.717) is 24.0 Å². The molecule has 1 N–H and O–H groups in total. The zero-order chi connectivity index (χ0) is 21.6. The van der Waals surface area contributed by atoms with Gasteiger partial charge in [0.1, 0.15) is 0 Å². The summed E-state index contributed by atoms with van der Waals surface area (Å²) in [5, 5.41) is 7.98. The first-order valence-electron chi connectivity index (χ1n) is 9.62. The second kappa shape index (κ2) is 10.3. The molecule has 29 heavy (non-hydrogen) atoms. The Balaban J connectivity index is 2.03. The van der Waals surface area contributed by atoms with Crippen molar-refractivity contribution in [3.05, 3.63) is 57.9 Å². The number of nitrogens with zero attached hydrogens (tertiary/aromatic N) is 2. The molecule has 1 atom stereocenters. The van der Waals surface area contributed by atoms with Gasteiger partial charge >= 0.3 is 5.97 Å². The molecule has 0 bridgehead atoms. The molecule has 1 heterocycles. The lowest BCUT2D eigenvalue weighted by molar-refractivity contribution is -0.150. The maximum Gasteiger partial charge on any atom is 0.331 e. The molecule has 0 aliphatic carbocycles. The summed E-state index contributed by atoms with van der Waals surface area (Å²) in [7, 11) is 0. The van der Waals surface area contributed by atoms with Crippen molar-refractivity contribution in [2.75, 3.05) is 6.54 Å². The molecule has 0 saturated heterocycles. The van der Waals surface area contributed by atoms with E-state index in [1.54, 1.807) is 13.0 Å². The Morgan fingerprint density at radius 2 is 1.93 bits per heavy atom. The second-order valence-electron chi connectivity index (χ2n) is 7.39. The maximum atomic E-state index is 12.1.